The minimum absolute atomic E-state index is 0.00214. The number of hydrogen-bond donors (Lipinski definition) is 1. The number of non-ortho nitro benzene ring substituents is 1. The summed E-state index contributed by atoms with van der Waals surface area (Å²) in [5.41, 5.74) is 6.48. The Hall–Kier alpha value is -2.28. The summed E-state index contributed by atoms with van der Waals surface area (Å²) < 4.78 is 5.11. The van der Waals surface area contributed by atoms with Gasteiger partial charge < -0.3 is 10.3 Å². The lowest BCUT2D eigenvalue weighted by Crippen LogP contribution is -2.21. The zero-order valence-corrected chi connectivity index (χ0v) is 10.4. The Morgan fingerprint density at radius 3 is 2.68 bits per heavy atom. The number of rotatable bonds is 5. The molecule has 19 heavy (non-hydrogen) atoms. The minimum Gasteiger partial charge on any atom is -0.334 e. The lowest BCUT2D eigenvalue weighted by molar-refractivity contribution is -0.384. The van der Waals surface area contributed by atoms with Gasteiger partial charge in [0.2, 0.25) is 0 Å². The van der Waals surface area contributed by atoms with Crippen LogP contribution in [0.25, 0.3) is 11.5 Å². The van der Waals surface area contributed by atoms with Crippen LogP contribution in [0, 0.1) is 10.1 Å². The Balaban J connectivity index is 2.16. The van der Waals surface area contributed by atoms with Gasteiger partial charge in [-0.1, -0.05) is 12.1 Å². The van der Waals surface area contributed by atoms with E-state index in [0.717, 1.165) is 6.42 Å². The Bertz CT molecular complexity index is 565. The van der Waals surface area contributed by atoms with E-state index in [9.17, 15) is 10.1 Å². The molecule has 7 nitrogen and oxygen atoms in total. The maximum atomic E-state index is 10.5. The van der Waals surface area contributed by atoms with E-state index in [0.29, 0.717) is 23.7 Å². The zero-order chi connectivity index (χ0) is 13.8. The van der Waals surface area contributed by atoms with Crippen molar-refractivity contribution in [3.8, 4) is 11.5 Å². The number of benzene rings is 1. The van der Waals surface area contributed by atoms with Crippen molar-refractivity contribution in [1.82, 2.24) is 10.1 Å². The Morgan fingerprint density at radius 1 is 1.42 bits per heavy atom. The van der Waals surface area contributed by atoms with Crippen molar-refractivity contribution in [2.75, 3.05) is 0 Å². The first-order chi connectivity index (χ1) is 9.10. The highest BCUT2D eigenvalue weighted by atomic mass is 16.6. The standard InChI is InChI=1S/C12H14N4O3/c1-2-9(13)7-11-14-12(19-15-11)8-3-5-10(6-4-8)16(17)18/h3-6,9H,2,7,13H2,1H3. The highest BCUT2D eigenvalue weighted by molar-refractivity contribution is 5.55. The number of nitro groups is 1. The summed E-state index contributed by atoms with van der Waals surface area (Å²) >= 11 is 0. The van der Waals surface area contributed by atoms with Gasteiger partial charge in [0.15, 0.2) is 5.82 Å². The van der Waals surface area contributed by atoms with Crippen molar-refractivity contribution < 1.29 is 9.45 Å². The first-order valence-corrected chi connectivity index (χ1v) is 5.93. The molecule has 2 rings (SSSR count). The first kappa shape index (κ1) is 13.2. The summed E-state index contributed by atoms with van der Waals surface area (Å²) in [7, 11) is 0. The predicted molar refractivity (Wildman–Crippen MR) is 68.4 cm³/mol. The third kappa shape index (κ3) is 3.14. The van der Waals surface area contributed by atoms with E-state index >= 15 is 0 Å². The molecule has 0 amide bonds. The number of nitro benzene ring substituents is 1. The summed E-state index contributed by atoms with van der Waals surface area (Å²) in [5.74, 6) is 0.885. The molecule has 1 aromatic carbocycles. The van der Waals surface area contributed by atoms with Gasteiger partial charge >= 0.3 is 0 Å². The van der Waals surface area contributed by atoms with E-state index in [1.807, 2.05) is 6.92 Å². The van der Waals surface area contributed by atoms with Crippen molar-refractivity contribution in [2.24, 2.45) is 5.73 Å². The van der Waals surface area contributed by atoms with Crippen LogP contribution in [0.5, 0.6) is 0 Å². The van der Waals surface area contributed by atoms with Crippen molar-refractivity contribution in [3.05, 3.63) is 40.2 Å². The van der Waals surface area contributed by atoms with Crippen LogP contribution in [-0.4, -0.2) is 21.1 Å². The van der Waals surface area contributed by atoms with Crippen LogP contribution < -0.4 is 5.73 Å². The molecule has 0 saturated heterocycles. The summed E-state index contributed by atoms with van der Waals surface area (Å²) in [6, 6.07) is 5.96. The molecule has 1 aromatic heterocycles. The van der Waals surface area contributed by atoms with Crippen molar-refractivity contribution in [2.45, 2.75) is 25.8 Å². The van der Waals surface area contributed by atoms with Crippen molar-refractivity contribution in [1.29, 1.82) is 0 Å². The number of aromatic nitrogens is 2. The topological polar surface area (TPSA) is 108 Å². The van der Waals surface area contributed by atoms with Gasteiger partial charge in [0.25, 0.3) is 11.6 Å². The van der Waals surface area contributed by atoms with Gasteiger partial charge in [-0.25, -0.2) is 0 Å². The van der Waals surface area contributed by atoms with Crippen LogP contribution in [-0.2, 0) is 6.42 Å². The fourth-order valence-corrected chi connectivity index (χ4v) is 1.56. The lowest BCUT2D eigenvalue weighted by Gasteiger charge is -2.02. The van der Waals surface area contributed by atoms with Gasteiger partial charge in [-0.3, -0.25) is 10.1 Å². The van der Waals surface area contributed by atoms with Gasteiger partial charge in [0.1, 0.15) is 0 Å². The monoisotopic (exact) mass is 262 g/mol. The third-order valence-electron chi connectivity index (χ3n) is 2.76. The molecule has 0 fully saturated rings. The highest BCUT2D eigenvalue weighted by Gasteiger charge is 2.12. The zero-order valence-electron chi connectivity index (χ0n) is 10.4. The molecule has 0 radical (unpaired) electrons. The third-order valence-corrected chi connectivity index (χ3v) is 2.76. The fourth-order valence-electron chi connectivity index (χ4n) is 1.56. The maximum absolute atomic E-state index is 10.5. The molecule has 0 aliphatic rings. The highest BCUT2D eigenvalue weighted by Crippen LogP contribution is 2.20. The Labute approximate surface area is 109 Å². The van der Waals surface area contributed by atoms with Gasteiger partial charge in [-0.15, -0.1) is 0 Å². The molecule has 7 heteroatoms. The molecule has 0 bridgehead atoms. The van der Waals surface area contributed by atoms with E-state index < -0.39 is 4.92 Å². The van der Waals surface area contributed by atoms with Crippen molar-refractivity contribution in [3.63, 3.8) is 0 Å². The molecule has 2 aromatic rings. The van der Waals surface area contributed by atoms with Gasteiger partial charge in [0.05, 0.1) is 4.92 Å². The number of nitrogens with zero attached hydrogens (tertiary/aromatic N) is 3. The quantitative estimate of drug-likeness (QED) is 0.651. The summed E-state index contributed by atoms with van der Waals surface area (Å²) in [5, 5.41) is 14.4. The summed E-state index contributed by atoms with van der Waals surface area (Å²) in [4.78, 5) is 14.3. The van der Waals surface area contributed by atoms with E-state index in [1.165, 1.54) is 12.1 Å². The second kappa shape index (κ2) is 5.57. The lowest BCUT2D eigenvalue weighted by atomic mass is 10.1. The average Bonchev–Trinajstić information content (AvgIpc) is 2.87. The van der Waals surface area contributed by atoms with Crippen LogP contribution in [0.15, 0.2) is 28.8 Å². The molecule has 1 atom stereocenters. The molecule has 1 unspecified atom stereocenters. The van der Waals surface area contributed by atoms with Crippen LogP contribution in [0.4, 0.5) is 5.69 Å². The largest absolute Gasteiger partial charge is 0.334 e. The average molecular weight is 262 g/mol. The molecular weight excluding hydrogens is 248 g/mol. The molecule has 100 valence electrons. The fraction of sp³-hybridized carbons (Fsp3) is 0.333. The van der Waals surface area contributed by atoms with Crippen LogP contribution in [0.3, 0.4) is 0 Å². The van der Waals surface area contributed by atoms with E-state index in [4.69, 9.17) is 10.3 Å². The summed E-state index contributed by atoms with van der Waals surface area (Å²) in [6.07, 6.45) is 1.38. The second-order valence-electron chi connectivity index (χ2n) is 4.19. The normalized spacial score (nSPS) is 12.3. The predicted octanol–water partition coefficient (Wildman–Crippen LogP) is 1.92. The van der Waals surface area contributed by atoms with Gasteiger partial charge in [0, 0.05) is 30.2 Å². The maximum Gasteiger partial charge on any atom is 0.269 e. The number of hydrogen-bond acceptors (Lipinski definition) is 6. The second-order valence-corrected chi connectivity index (χ2v) is 4.19. The SMILES string of the molecule is CCC(N)Cc1noc(-c2ccc([N+](=O)[O-])cc2)n1. The van der Waals surface area contributed by atoms with E-state index in [2.05, 4.69) is 10.1 Å². The van der Waals surface area contributed by atoms with Crippen LogP contribution in [0.2, 0.25) is 0 Å². The minimum atomic E-state index is -0.455. The molecule has 0 aliphatic heterocycles. The van der Waals surface area contributed by atoms with Crippen molar-refractivity contribution >= 4 is 5.69 Å². The number of nitrogens with two attached hydrogens (primary N) is 1. The molecular formula is C12H14N4O3. The molecule has 1 heterocycles. The Kier molecular flexibility index (Phi) is 3.86. The van der Waals surface area contributed by atoms with Gasteiger partial charge in [-0.05, 0) is 18.6 Å². The summed E-state index contributed by atoms with van der Waals surface area (Å²) in [6.45, 7) is 1.99. The van der Waals surface area contributed by atoms with E-state index in [-0.39, 0.29) is 11.7 Å². The Morgan fingerprint density at radius 2 is 2.11 bits per heavy atom. The molecule has 2 N–H and O–H groups in total. The van der Waals surface area contributed by atoms with Crippen LogP contribution >= 0.6 is 0 Å². The molecule has 0 saturated carbocycles. The molecule has 0 spiro atoms. The first-order valence-electron chi connectivity index (χ1n) is 5.93. The van der Waals surface area contributed by atoms with Gasteiger partial charge in [-0.2, -0.15) is 4.98 Å². The van der Waals surface area contributed by atoms with Crippen LogP contribution in [0.1, 0.15) is 19.2 Å². The molecule has 0 aliphatic carbocycles. The van der Waals surface area contributed by atoms with E-state index in [1.54, 1.807) is 12.1 Å². The smallest absolute Gasteiger partial charge is 0.269 e.